The molecular weight excluding hydrogens is 308 g/mol. The summed E-state index contributed by atoms with van der Waals surface area (Å²) in [5, 5.41) is 9.07. The second-order valence-corrected chi connectivity index (χ2v) is 5.07. The van der Waals surface area contributed by atoms with Crippen molar-refractivity contribution in [3.05, 3.63) is 84.4 Å². The van der Waals surface area contributed by atoms with Gasteiger partial charge in [-0.2, -0.15) is 36.0 Å². The largest absolute Gasteiger partial charge is 2.00 e. The molecule has 0 aliphatic carbocycles. The average Bonchev–Trinajstić information content (AvgIpc) is 3.14. The number of aliphatic hydroxyl groups is 1. The van der Waals surface area contributed by atoms with Gasteiger partial charge < -0.3 is 5.11 Å². The molecule has 1 N–H and O–H groups in total. The van der Waals surface area contributed by atoms with E-state index in [0.29, 0.717) is 0 Å². The fourth-order valence-electron chi connectivity index (χ4n) is 1.61. The maximum atomic E-state index is 9.07. The maximum absolute atomic E-state index is 9.07. The van der Waals surface area contributed by atoms with Crippen LogP contribution in [0.25, 0.3) is 0 Å². The molecule has 3 aromatic carbocycles. The van der Waals surface area contributed by atoms with Gasteiger partial charge >= 0.3 is 17.1 Å². The van der Waals surface area contributed by atoms with Crippen molar-refractivity contribution < 1.29 is 22.2 Å². The van der Waals surface area contributed by atoms with Crippen LogP contribution in [-0.4, -0.2) is 5.11 Å². The Morgan fingerprint density at radius 3 is 2.20 bits per heavy atom. The van der Waals surface area contributed by atoms with E-state index in [0.717, 1.165) is 10.5 Å². The van der Waals surface area contributed by atoms with Crippen molar-refractivity contribution in [1.29, 1.82) is 0 Å². The molecule has 20 heavy (non-hydrogen) atoms. The van der Waals surface area contributed by atoms with Gasteiger partial charge in [-0.25, -0.2) is 24.3 Å². The van der Waals surface area contributed by atoms with E-state index in [1.807, 2.05) is 66.7 Å². The van der Waals surface area contributed by atoms with Crippen LogP contribution < -0.4 is 0 Å². The number of hydrogen-bond donors (Lipinski definition) is 1. The van der Waals surface area contributed by atoms with Gasteiger partial charge in [0.15, 0.2) is 0 Å². The summed E-state index contributed by atoms with van der Waals surface area (Å²) in [6, 6.07) is 26.1. The molecule has 0 fully saturated rings. The zero-order valence-corrected chi connectivity index (χ0v) is 12.8. The zero-order valence-electron chi connectivity index (χ0n) is 10.9. The molecule has 0 aliphatic rings. The minimum Gasteiger partial charge on any atom is -0.394 e. The summed E-state index contributed by atoms with van der Waals surface area (Å²) in [6.45, 7) is 0.113. The summed E-state index contributed by atoms with van der Waals surface area (Å²) >= 11 is 1.69. The third-order valence-electron chi connectivity index (χ3n) is 2.56. The van der Waals surface area contributed by atoms with Crippen LogP contribution in [-0.2, 0) is 23.7 Å². The van der Waals surface area contributed by atoms with Crippen LogP contribution in [0.5, 0.6) is 0 Å². The first-order valence-corrected chi connectivity index (χ1v) is 6.97. The first kappa shape index (κ1) is 16.8. The quantitative estimate of drug-likeness (QED) is 0.567. The summed E-state index contributed by atoms with van der Waals surface area (Å²) in [6.07, 6.45) is 0. The van der Waals surface area contributed by atoms with Gasteiger partial charge in [0.2, 0.25) is 0 Å². The van der Waals surface area contributed by atoms with Gasteiger partial charge in [0.25, 0.3) is 0 Å². The summed E-state index contributed by atoms with van der Waals surface area (Å²) in [5.41, 5.74) is 0.999. The predicted molar refractivity (Wildman–Crippen MR) is 80.6 cm³/mol. The molecule has 0 saturated carbocycles. The van der Waals surface area contributed by atoms with Crippen molar-refractivity contribution in [3.8, 4) is 0 Å². The summed E-state index contributed by atoms with van der Waals surface area (Å²) in [4.78, 5) is 2.34. The van der Waals surface area contributed by atoms with Crippen LogP contribution in [0.2, 0.25) is 0 Å². The van der Waals surface area contributed by atoms with Crippen molar-refractivity contribution in [3.63, 3.8) is 0 Å². The van der Waals surface area contributed by atoms with E-state index in [9.17, 15) is 0 Å². The van der Waals surface area contributed by atoms with E-state index in [1.165, 1.54) is 4.90 Å². The van der Waals surface area contributed by atoms with Crippen LogP contribution in [0.3, 0.4) is 0 Å². The van der Waals surface area contributed by atoms with Crippen molar-refractivity contribution in [1.82, 2.24) is 0 Å². The third kappa shape index (κ3) is 5.40. The first-order chi connectivity index (χ1) is 9.40. The second-order valence-electron chi connectivity index (χ2n) is 3.95. The Morgan fingerprint density at radius 2 is 1.65 bits per heavy atom. The number of rotatable bonds is 3. The van der Waals surface area contributed by atoms with E-state index in [4.69, 9.17) is 5.11 Å². The molecule has 0 atom stereocenters. The van der Waals surface area contributed by atoms with E-state index in [-0.39, 0.29) is 23.7 Å². The van der Waals surface area contributed by atoms with Gasteiger partial charge in [-0.15, -0.1) is 5.56 Å². The van der Waals surface area contributed by atoms with E-state index in [2.05, 4.69) is 12.1 Å². The average molecular weight is 324 g/mol. The van der Waals surface area contributed by atoms with Crippen LogP contribution in [0.1, 0.15) is 5.56 Å². The van der Waals surface area contributed by atoms with Crippen molar-refractivity contribution in [2.24, 2.45) is 0 Å². The summed E-state index contributed by atoms with van der Waals surface area (Å²) in [7, 11) is 0. The van der Waals surface area contributed by atoms with Crippen LogP contribution in [0, 0.1) is 0 Å². The molecule has 0 aromatic heterocycles. The Hall–Kier alpha value is -1.25. The molecular formula is C17H16FeOS. The Kier molecular flexibility index (Phi) is 8.08. The Morgan fingerprint density at radius 1 is 0.950 bits per heavy atom. The first-order valence-electron chi connectivity index (χ1n) is 6.15. The van der Waals surface area contributed by atoms with Crippen LogP contribution in [0.4, 0.5) is 0 Å². The molecule has 0 bridgehead atoms. The monoisotopic (exact) mass is 324 g/mol. The molecule has 104 valence electrons. The second kappa shape index (κ2) is 9.62. The molecule has 3 heteroatoms. The normalized spacial score (nSPS) is 9.25. The Bertz CT molecular complexity index is 540. The molecule has 0 heterocycles. The molecule has 0 amide bonds. The molecule has 3 aromatic rings. The molecule has 0 unspecified atom stereocenters. The minimum absolute atomic E-state index is 0. The van der Waals surface area contributed by atoms with E-state index >= 15 is 0 Å². The van der Waals surface area contributed by atoms with Crippen molar-refractivity contribution in [2.45, 2.75) is 16.4 Å². The zero-order chi connectivity index (χ0) is 13.3. The van der Waals surface area contributed by atoms with Gasteiger partial charge in [-0.05, 0) is 17.0 Å². The van der Waals surface area contributed by atoms with Gasteiger partial charge in [0.05, 0.1) is 0 Å². The SMILES string of the molecule is OCc1ccc[c-]1Sc1ccccc1.[Fe+2].c1cc[cH-]c1. The summed E-state index contributed by atoms with van der Waals surface area (Å²) < 4.78 is 0. The minimum atomic E-state index is 0. The topological polar surface area (TPSA) is 20.2 Å². The van der Waals surface area contributed by atoms with Crippen molar-refractivity contribution in [2.75, 3.05) is 0 Å². The predicted octanol–water partition coefficient (Wildman–Crippen LogP) is 4.45. The molecule has 0 saturated heterocycles. The maximum Gasteiger partial charge on any atom is 2.00 e. The van der Waals surface area contributed by atoms with Crippen molar-refractivity contribution >= 4 is 11.8 Å². The van der Waals surface area contributed by atoms with E-state index in [1.54, 1.807) is 11.8 Å². The third-order valence-corrected chi connectivity index (χ3v) is 3.68. The summed E-state index contributed by atoms with van der Waals surface area (Å²) in [5.74, 6) is 0. The molecule has 0 aliphatic heterocycles. The van der Waals surface area contributed by atoms with Gasteiger partial charge in [0.1, 0.15) is 0 Å². The number of hydrogen-bond acceptors (Lipinski definition) is 2. The molecule has 0 spiro atoms. The van der Waals surface area contributed by atoms with Gasteiger partial charge in [-0.1, -0.05) is 23.1 Å². The molecule has 0 radical (unpaired) electrons. The molecule has 1 nitrogen and oxygen atoms in total. The molecule has 3 rings (SSSR count). The number of benzene rings is 1. The standard InChI is InChI=1S/C12H11OS.C5H5.Fe/c13-9-10-5-4-8-12(10)14-11-6-2-1-3-7-11;1-2-4-5-3-1;/h1-8,13H,9H2;1-5H;/q2*-1;+2. The Balaban J connectivity index is 0.000000283. The fourth-order valence-corrected chi connectivity index (χ4v) is 2.56. The van der Waals surface area contributed by atoms with Gasteiger partial charge in [-0.3, -0.25) is 0 Å². The van der Waals surface area contributed by atoms with Gasteiger partial charge in [0, 0.05) is 6.61 Å². The fraction of sp³-hybridized carbons (Fsp3) is 0.0588. The van der Waals surface area contributed by atoms with Crippen LogP contribution >= 0.6 is 11.8 Å². The van der Waals surface area contributed by atoms with Crippen LogP contribution in [0.15, 0.2) is 88.7 Å². The Labute approximate surface area is 134 Å². The number of aliphatic hydroxyl groups excluding tert-OH is 1. The van der Waals surface area contributed by atoms with E-state index < -0.39 is 0 Å². The smallest absolute Gasteiger partial charge is 0.394 e.